The fourth-order valence-corrected chi connectivity index (χ4v) is 3.48. The van der Waals surface area contributed by atoms with Crippen molar-refractivity contribution in [3.63, 3.8) is 0 Å². The summed E-state index contributed by atoms with van der Waals surface area (Å²) in [6.07, 6.45) is 0.619. The van der Waals surface area contributed by atoms with Gasteiger partial charge in [0.15, 0.2) is 0 Å². The van der Waals surface area contributed by atoms with Crippen LogP contribution in [-0.4, -0.2) is 24.0 Å². The Morgan fingerprint density at radius 3 is 2.16 bits per heavy atom. The number of ether oxygens (including phenoxy) is 1. The molecule has 1 aliphatic carbocycles. The molecule has 4 nitrogen and oxygen atoms in total. The number of carbonyl (C=O) groups is 2. The summed E-state index contributed by atoms with van der Waals surface area (Å²) in [5.74, 6) is -0.00511. The third kappa shape index (κ3) is 3.69. The van der Waals surface area contributed by atoms with Crippen LogP contribution in [0.4, 0.5) is 4.79 Å². The number of fused-ring (bicyclic) bond motifs is 3. The smallest absolute Gasteiger partial charge is 0.407 e. The molecule has 0 heterocycles. The first kappa shape index (κ1) is 17.5. The molecule has 0 unspecified atom stereocenters. The molecule has 2 aromatic rings. The highest BCUT2D eigenvalue weighted by atomic mass is 35.5. The first-order valence-corrected chi connectivity index (χ1v) is 8.80. The van der Waals surface area contributed by atoms with Crippen molar-refractivity contribution in [3.05, 3.63) is 59.7 Å². The second-order valence-corrected chi connectivity index (χ2v) is 6.49. The van der Waals surface area contributed by atoms with E-state index in [1.807, 2.05) is 31.2 Å². The molecule has 2 aromatic carbocycles. The molecule has 0 aliphatic heterocycles. The second kappa shape index (κ2) is 7.70. The monoisotopic (exact) mass is 357 g/mol. The highest BCUT2D eigenvalue weighted by Crippen LogP contribution is 2.44. The minimum atomic E-state index is -0.706. The minimum Gasteiger partial charge on any atom is -0.449 e. The summed E-state index contributed by atoms with van der Waals surface area (Å²) in [5.41, 5.74) is 4.64. The van der Waals surface area contributed by atoms with Gasteiger partial charge in [0.05, 0.1) is 0 Å². The first-order chi connectivity index (χ1) is 12.1. The van der Waals surface area contributed by atoms with E-state index in [9.17, 15) is 9.59 Å². The Labute approximate surface area is 152 Å². The zero-order valence-electron chi connectivity index (χ0n) is 14.0. The Morgan fingerprint density at radius 2 is 1.64 bits per heavy atom. The number of alkyl carbamates (subject to hydrolysis) is 1. The van der Waals surface area contributed by atoms with Gasteiger partial charge in [-0.1, -0.05) is 61.9 Å². The van der Waals surface area contributed by atoms with Crippen molar-refractivity contribution in [3.8, 4) is 11.1 Å². The van der Waals surface area contributed by atoms with Crippen LogP contribution in [0.15, 0.2) is 48.5 Å². The molecule has 0 saturated carbocycles. The summed E-state index contributed by atoms with van der Waals surface area (Å²) in [5, 5.41) is 1.97. The Hall–Kier alpha value is -2.33. The van der Waals surface area contributed by atoms with E-state index in [2.05, 4.69) is 29.6 Å². The molecule has 0 bridgehead atoms. The maximum Gasteiger partial charge on any atom is 0.407 e. The van der Waals surface area contributed by atoms with E-state index in [1.165, 1.54) is 11.1 Å². The molecule has 0 fully saturated rings. The van der Waals surface area contributed by atoms with Crippen molar-refractivity contribution < 1.29 is 14.3 Å². The number of nitrogens with one attached hydrogen (secondary N) is 1. The maximum atomic E-state index is 12.1. The van der Waals surface area contributed by atoms with E-state index in [0.717, 1.165) is 17.5 Å². The molecule has 1 amide bonds. The molecule has 1 atom stereocenters. The molecule has 130 valence electrons. The van der Waals surface area contributed by atoms with Crippen LogP contribution in [-0.2, 0) is 9.53 Å². The van der Waals surface area contributed by atoms with Gasteiger partial charge in [-0.05, 0) is 40.3 Å². The summed E-state index contributed by atoms with van der Waals surface area (Å²) in [6, 6.07) is 15.6. The Kier molecular flexibility index (Phi) is 5.39. The second-order valence-electron chi connectivity index (χ2n) is 6.12. The Morgan fingerprint density at radius 1 is 1.08 bits per heavy atom. The molecule has 0 aromatic heterocycles. The van der Waals surface area contributed by atoms with Gasteiger partial charge >= 0.3 is 6.09 Å². The first-order valence-electron chi connectivity index (χ1n) is 8.42. The fourth-order valence-electron chi connectivity index (χ4n) is 3.31. The number of benzene rings is 2. The number of rotatable bonds is 6. The zero-order valence-corrected chi connectivity index (χ0v) is 14.8. The van der Waals surface area contributed by atoms with Gasteiger partial charge in [0, 0.05) is 5.92 Å². The standard InChI is InChI=1S/C20H20ClNO3/c1-2-7-18(19(21)23)22-20(24)25-12-17-15-10-5-3-8-13(15)14-9-4-6-11-16(14)17/h3-6,8-11,17-18H,2,7,12H2,1H3,(H,22,24)/t18-/m0/s1. The summed E-state index contributed by atoms with van der Waals surface area (Å²) >= 11 is 5.52. The molecule has 0 radical (unpaired) electrons. The van der Waals surface area contributed by atoms with Crippen LogP contribution < -0.4 is 5.32 Å². The highest BCUT2D eigenvalue weighted by molar-refractivity contribution is 6.64. The van der Waals surface area contributed by atoms with E-state index in [4.69, 9.17) is 16.3 Å². The van der Waals surface area contributed by atoms with Crippen LogP contribution in [0.2, 0.25) is 0 Å². The van der Waals surface area contributed by atoms with Crippen molar-refractivity contribution in [1.29, 1.82) is 0 Å². The van der Waals surface area contributed by atoms with Crippen molar-refractivity contribution in [2.45, 2.75) is 31.7 Å². The molecule has 1 aliphatic rings. The van der Waals surface area contributed by atoms with Gasteiger partial charge in [0.2, 0.25) is 5.24 Å². The van der Waals surface area contributed by atoms with Crippen molar-refractivity contribution >= 4 is 22.9 Å². The largest absolute Gasteiger partial charge is 0.449 e. The third-order valence-electron chi connectivity index (χ3n) is 4.49. The van der Waals surface area contributed by atoms with Crippen LogP contribution in [0.25, 0.3) is 11.1 Å². The predicted molar refractivity (Wildman–Crippen MR) is 97.8 cm³/mol. The molecular formula is C20H20ClNO3. The van der Waals surface area contributed by atoms with Gasteiger partial charge in [0.1, 0.15) is 12.6 Å². The molecule has 3 rings (SSSR count). The van der Waals surface area contributed by atoms with Crippen LogP contribution >= 0.6 is 11.6 Å². The lowest BCUT2D eigenvalue weighted by Gasteiger charge is -2.17. The Balaban J connectivity index is 1.71. The van der Waals surface area contributed by atoms with E-state index in [-0.39, 0.29) is 12.5 Å². The molecule has 0 saturated heterocycles. The van der Waals surface area contributed by atoms with Gasteiger partial charge in [-0.3, -0.25) is 4.79 Å². The van der Waals surface area contributed by atoms with Gasteiger partial charge in [-0.15, -0.1) is 0 Å². The van der Waals surface area contributed by atoms with Crippen LogP contribution in [0.3, 0.4) is 0 Å². The number of hydrogen-bond donors (Lipinski definition) is 1. The van der Waals surface area contributed by atoms with Crippen molar-refractivity contribution in [2.24, 2.45) is 0 Å². The normalized spacial score (nSPS) is 13.7. The number of amides is 1. The third-order valence-corrected chi connectivity index (χ3v) is 4.75. The molecular weight excluding hydrogens is 338 g/mol. The fraction of sp³-hybridized carbons (Fsp3) is 0.300. The van der Waals surface area contributed by atoms with Gasteiger partial charge < -0.3 is 10.1 Å². The van der Waals surface area contributed by atoms with Crippen LogP contribution in [0, 0.1) is 0 Å². The summed E-state index contributed by atoms with van der Waals surface area (Å²) in [4.78, 5) is 23.4. The average molecular weight is 358 g/mol. The molecule has 0 spiro atoms. The zero-order chi connectivity index (χ0) is 17.8. The quantitative estimate of drug-likeness (QED) is 0.776. The number of carbonyl (C=O) groups excluding carboxylic acids is 2. The number of hydrogen-bond acceptors (Lipinski definition) is 3. The lowest BCUT2D eigenvalue weighted by Crippen LogP contribution is -2.39. The lowest BCUT2D eigenvalue weighted by molar-refractivity contribution is -0.113. The SMILES string of the molecule is CCC[C@H](NC(=O)OCC1c2ccccc2-c2ccccc21)C(=O)Cl. The van der Waals surface area contributed by atoms with E-state index in [0.29, 0.717) is 6.42 Å². The molecule has 25 heavy (non-hydrogen) atoms. The molecule has 5 heteroatoms. The summed E-state index contributed by atoms with van der Waals surface area (Å²) in [7, 11) is 0. The summed E-state index contributed by atoms with van der Waals surface area (Å²) < 4.78 is 5.41. The maximum absolute atomic E-state index is 12.1. The average Bonchev–Trinajstić information content (AvgIpc) is 2.93. The van der Waals surface area contributed by atoms with E-state index in [1.54, 1.807) is 0 Å². The van der Waals surface area contributed by atoms with E-state index < -0.39 is 17.4 Å². The van der Waals surface area contributed by atoms with Gasteiger partial charge in [-0.25, -0.2) is 4.79 Å². The lowest BCUT2D eigenvalue weighted by atomic mass is 9.98. The van der Waals surface area contributed by atoms with E-state index >= 15 is 0 Å². The van der Waals surface area contributed by atoms with Crippen molar-refractivity contribution in [2.75, 3.05) is 6.61 Å². The van der Waals surface area contributed by atoms with Crippen LogP contribution in [0.1, 0.15) is 36.8 Å². The summed E-state index contributed by atoms with van der Waals surface area (Å²) in [6.45, 7) is 2.14. The topological polar surface area (TPSA) is 55.4 Å². The Bertz CT molecular complexity index is 745. The van der Waals surface area contributed by atoms with Gasteiger partial charge in [0.25, 0.3) is 0 Å². The predicted octanol–water partition coefficient (Wildman–Crippen LogP) is 4.46. The van der Waals surface area contributed by atoms with Crippen LogP contribution in [0.5, 0.6) is 0 Å². The van der Waals surface area contributed by atoms with Crippen molar-refractivity contribution in [1.82, 2.24) is 5.32 Å². The number of halogens is 1. The minimum absolute atomic E-state index is 0.00511. The molecule has 1 N–H and O–H groups in total. The van der Waals surface area contributed by atoms with Gasteiger partial charge in [-0.2, -0.15) is 0 Å². The highest BCUT2D eigenvalue weighted by Gasteiger charge is 2.29.